The van der Waals surface area contributed by atoms with Crippen molar-refractivity contribution in [3.05, 3.63) is 77.8 Å². The van der Waals surface area contributed by atoms with Crippen LogP contribution in [0.15, 0.2) is 65.2 Å². The fourth-order valence-electron chi connectivity index (χ4n) is 4.16. The minimum Gasteiger partial charge on any atom is -0.465 e. The molecule has 8 heteroatoms. The zero-order valence-corrected chi connectivity index (χ0v) is 19.8. The Kier molecular flexibility index (Phi) is 7.05. The number of aromatic nitrogens is 1. The van der Waals surface area contributed by atoms with Crippen molar-refractivity contribution in [3.8, 4) is 11.3 Å². The Morgan fingerprint density at radius 2 is 1.97 bits per heavy atom. The van der Waals surface area contributed by atoms with Crippen molar-refractivity contribution < 1.29 is 13.9 Å². The summed E-state index contributed by atoms with van der Waals surface area (Å²) in [4.78, 5) is 21.2. The molecule has 3 aromatic rings. The molecule has 1 saturated heterocycles. The number of nitrogens with zero attached hydrogens (tertiary/aromatic N) is 3. The predicted octanol–water partition coefficient (Wildman–Crippen LogP) is 4.05. The maximum absolute atomic E-state index is 12.3. The van der Waals surface area contributed by atoms with Crippen LogP contribution in [-0.4, -0.2) is 60.2 Å². The van der Waals surface area contributed by atoms with Crippen molar-refractivity contribution in [2.45, 2.75) is 18.5 Å². The Hall–Kier alpha value is -3.23. The second kappa shape index (κ2) is 10.1. The molecule has 172 valence electrons. The lowest BCUT2D eigenvalue weighted by molar-refractivity contribution is 0.0601. The number of carbonyl (C=O) groups is 1. The SMILES string of the molecule is COC(=O)c1ccccc1-c1ccc([C@@H]2[C@H](c3ccccn3)NC(=S)N2CCCN(C)C)o1. The normalized spacial score (nSPS) is 17.9. The van der Waals surface area contributed by atoms with Crippen LogP contribution in [0.1, 0.15) is 40.3 Å². The third kappa shape index (κ3) is 4.91. The number of esters is 1. The quantitative estimate of drug-likeness (QED) is 0.396. The van der Waals surface area contributed by atoms with Gasteiger partial charge in [-0.3, -0.25) is 4.98 Å². The van der Waals surface area contributed by atoms with Crippen LogP contribution in [0.25, 0.3) is 11.3 Å². The average molecular weight is 465 g/mol. The first-order chi connectivity index (χ1) is 16.0. The summed E-state index contributed by atoms with van der Waals surface area (Å²) in [5, 5.41) is 4.12. The number of thiocarbonyl (C=S) groups is 1. The number of pyridine rings is 1. The van der Waals surface area contributed by atoms with Gasteiger partial charge in [-0.2, -0.15) is 0 Å². The van der Waals surface area contributed by atoms with Gasteiger partial charge in [0.15, 0.2) is 5.11 Å². The van der Waals surface area contributed by atoms with Crippen molar-refractivity contribution >= 4 is 23.3 Å². The van der Waals surface area contributed by atoms with Gasteiger partial charge in [-0.1, -0.05) is 24.3 Å². The van der Waals surface area contributed by atoms with Crippen LogP contribution in [0.5, 0.6) is 0 Å². The molecule has 0 spiro atoms. The number of hydrogen-bond acceptors (Lipinski definition) is 6. The Balaban J connectivity index is 1.70. The summed E-state index contributed by atoms with van der Waals surface area (Å²) < 4.78 is 11.3. The highest BCUT2D eigenvalue weighted by Gasteiger charge is 2.41. The number of methoxy groups -OCH3 is 1. The van der Waals surface area contributed by atoms with E-state index in [1.807, 2.05) is 48.5 Å². The number of carbonyl (C=O) groups excluding carboxylic acids is 1. The third-order valence-corrected chi connectivity index (χ3v) is 6.07. The number of hydrogen-bond donors (Lipinski definition) is 1. The maximum atomic E-state index is 12.3. The Bertz CT molecular complexity index is 1120. The first-order valence-electron chi connectivity index (χ1n) is 10.9. The van der Waals surface area contributed by atoms with E-state index in [1.165, 1.54) is 7.11 Å². The van der Waals surface area contributed by atoms with Gasteiger partial charge in [0.05, 0.1) is 24.4 Å². The molecule has 4 rings (SSSR count). The molecule has 1 N–H and O–H groups in total. The summed E-state index contributed by atoms with van der Waals surface area (Å²) in [5.41, 5.74) is 2.05. The largest absolute Gasteiger partial charge is 0.465 e. The van der Waals surface area contributed by atoms with Gasteiger partial charge in [-0.05, 0) is 69.6 Å². The van der Waals surface area contributed by atoms with Gasteiger partial charge in [0.2, 0.25) is 0 Å². The molecular formula is C25H28N4O3S. The molecule has 0 bridgehead atoms. The molecular weight excluding hydrogens is 436 g/mol. The van der Waals surface area contributed by atoms with E-state index in [9.17, 15) is 4.79 Å². The monoisotopic (exact) mass is 464 g/mol. The first-order valence-corrected chi connectivity index (χ1v) is 11.3. The molecule has 1 aliphatic heterocycles. The van der Waals surface area contributed by atoms with E-state index in [2.05, 4.69) is 34.2 Å². The van der Waals surface area contributed by atoms with E-state index in [0.717, 1.165) is 31.0 Å². The minimum absolute atomic E-state index is 0.145. The Morgan fingerprint density at radius 1 is 1.18 bits per heavy atom. The minimum atomic E-state index is -0.399. The molecule has 7 nitrogen and oxygen atoms in total. The van der Waals surface area contributed by atoms with Crippen molar-refractivity contribution in [2.24, 2.45) is 0 Å². The van der Waals surface area contributed by atoms with Crippen LogP contribution >= 0.6 is 12.2 Å². The van der Waals surface area contributed by atoms with Gasteiger partial charge < -0.3 is 24.3 Å². The van der Waals surface area contributed by atoms with Crippen molar-refractivity contribution in [1.82, 2.24) is 20.1 Å². The fraction of sp³-hybridized carbons (Fsp3) is 0.320. The van der Waals surface area contributed by atoms with E-state index in [-0.39, 0.29) is 12.1 Å². The predicted molar refractivity (Wildman–Crippen MR) is 131 cm³/mol. The van der Waals surface area contributed by atoms with Gasteiger partial charge in [0, 0.05) is 18.3 Å². The molecule has 1 aliphatic rings. The average Bonchev–Trinajstić information content (AvgIpc) is 3.44. The van der Waals surface area contributed by atoms with Gasteiger partial charge >= 0.3 is 5.97 Å². The summed E-state index contributed by atoms with van der Waals surface area (Å²) >= 11 is 5.72. The highest BCUT2D eigenvalue weighted by molar-refractivity contribution is 7.80. The molecule has 2 aromatic heterocycles. The summed E-state index contributed by atoms with van der Waals surface area (Å²) in [7, 11) is 5.50. The molecule has 0 amide bonds. The number of ether oxygens (including phenoxy) is 1. The molecule has 1 fully saturated rings. The number of benzene rings is 1. The molecule has 33 heavy (non-hydrogen) atoms. The lowest BCUT2D eigenvalue weighted by atomic mass is 10.0. The first kappa shape index (κ1) is 22.9. The van der Waals surface area contributed by atoms with Crippen molar-refractivity contribution in [3.63, 3.8) is 0 Å². The molecule has 0 unspecified atom stereocenters. The maximum Gasteiger partial charge on any atom is 0.338 e. The van der Waals surface area contributed by atoms with E-state index < -0.39 is 5.97 Å². The smallest absolute Gasteiger partial charge is 0.338 e. The Morgan fingerprint density at radius 3 is 2.70 bits per heavy atom. The van der Waals surface area contributed by atoms with Crippen molar-refractivity contribution in [2.75, 3.05) is 34.3 Å². The summed E-state index contributed by atoms with van der Waals surface area (Å²) in [6, 6.07) is 16.7. The van der Waals surface area contributed by atoms with Crippen LogP contribution < -0.4 is 5.32 Å². The topological polar surface area (TPSA) is 70.8 Å². The lowest BCUT2D eigenvalue weighted by Crippen LogP contribution is -2.32. The van der Waals surface area contributed by atoms with E-state index in [4.69, 9.17) is 21.4 Å². The van der Waals surface area contributed by atoms with Gasteiger partial charge in [0.25, 0.3) is 0 Å². The molecule has 0 aliphatic carbocycles. The van der Waals surface area contributed by atoms with Crippen LogP contribution in [-0.2, 0) is 4.74 Å². The van der Waals surface area contributed by atoms with Gasteiger partial charge in [-0.25, -0.2) is 4.79 Å². The summed E-state index contributed by atoms with van der Waals surface area (Å²) in [6.45, 7) is 1.74. The summed E-state index contributed by atoms with van der Waals surface area (Å²) in [6.07, 6.45) is 2.74. The molecule has 3 heterocycles. The van der Waals surface area contributed by atoms with Crippen LogP contribution in [0.3, 0.4) is 0 Å². The number of furan rings is 1. The van der Waals surface area contributed by atoms with E-state index in [0.29, 0.717) is 22.0 Å². The summed E-state index contributed by atoms with van der Waals surface area (Å²) in [5.74, 6) is 0.971. The van der Waals surface area contributed by atoms with Crippen LogP contribution in [0, 0.1) is 0 Å². The lowest BCUT2D eigenvalue weighted by Gasteiger charge is -2.26. The van der Waals surface area contributed by atoms with Crippen LogP contribution in [0.2, 0.25) is 0 Å². The molecule has 1 aromatic carbocycles. The van der Waals surface area contributed by atoms with Crippen LogP contribution in [0.4, 0.5) is 0 Å². The molecule has 0 radical (unpaired) electrons. The molecule has 0 saturated carbocycles. The zero-order chi connectivity index (χ0) is 23.4. The molecule has 2 atom stereocenters. The zero-order valence-electron chi connectivity index (χ0n) is 19.0. The van der Waals surface area contributed by atoms with E-state index in [1.54, 1.807) is 12.3 Å². The Labute approximate surface area is 199 Å². The third-order valence-electron chi connectivity index (χ3n) is 5.72. The number of nitrogens with one attached hydrogen (secondary N) is 1. The highest BCUT2D eigenvalue weighted by Crippen LogP contribution is 2.40. The second-order valence-electron chi connectivity index (χ2n) is 8.22. The highest BCUT2D eigenvalue weighted by atomic mass is 32.1. The van der Waals surface area contributed by atoms with Gasteiger partial charge in [0.1, 0.15) is 17.6 Å². The standard InChI is InChI=1S/C25H28N4O3S/c1-28(2)15-8-16-29-23(22(27-25(29)33)19-11-6-7-14-26-19)21-13-12-20(32-21)17-9-4-5-10-18(17)24(30)31-3/h4-7,9-14,22-23H,8,15-16H2,1-3H3,(H,27,33)/t22-,23+/m0/s1. The number of rotatable bonds is 8. The second-order valence-corrected chi connectivity index (χ2v) is 8.60. The fourth-order valence-corrected chi connectivity index (χ4v) is 4.49. The van der Waals surface area contributed by atoms with Gasteiger partial charge in [-0.15, -0.1) is 0 Å². The van der Waals surface area contributed by atoms with E-state index >= 15 is 0 Å². The van der Waals surface area contributed by atoms with Crippen molar-refractivity contribution in [1.29, 1.82) is 0 Å².